The molecule has 1 aliphatic heterocycles. The highest BCUT2D eigenvalue weighted by Gasteiger charge is 2.39. The van der Waals surface area contributed by atoms with E-state index in [2.05, 4.69) is 24.3 Å². The Morgan fingerprint density at radius 3 is 2.59 bits per heavy atom. The van der Waals surface area contributed by atoms with Crippen LogP contribution in [-0.4, -0.2) is 40.5 Å². The van der Waals surface area contributed by atoms with Crippen molar-refractivity contribution in [2.24, 2.45) is 11.8 Å². The molecule has 1 aliphatic rings. The predicted octanol–water partition coefficient (Wildman–Crippen LogP) is 4.40. The lowest BCUT2D eigenvalue weighted by Crippen LogP contribution is -2.62. The average Bonchev–Trinajstić information content (AvgIpc) is 3.12. The molecule has 0 aliphatic carbocycles. The lowest BCUT2D eigenvalue weighted by Gasteiger charge is -2.40. The molecule has 0 unspecified atom stereocenters. The molecule has 3 rings (SSSR count). The highest BCUT2D eigenvalue weighted by Crippen LogP contribution is 2.29. The van der Waals surface area contributed by atoms with Gasteiger partial charge in [0.2, 0.25) is 5.91 Å². The third-order valence-corrected chi connectivity index (χ3v) is 5.35. The van der Waals surface area contributed by atoms with Crippen molar-refractivity contribution in [2.75, 3.05) is 6.54 Å². The van der Waals surface area contributed by atoms with E-state index in [1.807, 2.05) is 32.0 Å². The Kier molecular flexibility index (Phi) is 6.63. The number of hydrogen-bond acceptors (Lipinski definition) is 4. The first kappa shape index (κ1) is 21.4. The monoisotopic (exact) mass is 417 g/mol. The van der Waals surface area contributed by atoms with Gasteiger partial charge < -0.3 is 14.7 Å². The number of halogens is 1. The van der Waals surface area contributed by atoms with Crippen molar-refractivity contribution in [3.63, 3.8) is 0 Å². The standard InChI is InChI=1S/C22H28ClN3O3/c1-13(2)9-15-12-26(19(10-14(3)4)21(27)24-15)22(28)18-11-20(29-25-18)16-7-5-6-8-17(16)23/h5-8,11,13-15,19H,9-10,12H2,1-4H3,(H,24,27)/t15-,19-/m0/s1. The van der Waals surface area contributed by atoms with Crippen LogP contribution in [0.2, 0.25) is 5.02 Å². The van der Waals surface area contributed by atoms with Gasteiger partial charge in [-0.1, -0.05) is 56.6 Å². The Hall–Kier alpha value is -2.34. The van der Waals surface area contributed by atoms with Crippen molar-refractivity contribution in [3.8, 4) is 11.3 Å². The quantitative estimate of drug-likeness (QED) is 0.755. The van der Waals surface area contributed by atoms with Gasteiger partial charge in [-0.25, -0.2) is 0 Å². The Bertz CT molecular complexity index is 878. The van der Waals surface area contributed by atoms with Gasteiger partial charge in [0.1, 0.15) is 6.04 Å². The number of hydrogen-bond donors (Lipinski definition) is 1. The summed E-state index contributed by atoms with van der Waals surface area (Å²) in [6, 6.07) is 8.26. The zero-order valence-electron chi connectivity index (χ0n) is 17.3. The molecule has 6 nitrogen and oxygen atoms in total. The van der Waals surface area contributed by atoms with Gasteiger partial charge in [-0.15, -0.1) is 0 Å². The molecule has 1 aromatic heterocycles. The molecule has 7 heteroatoms. The third-order valence-electron chi connectivity index (χ3n) is 5.02. The summed E-state index contributed by atoms with van der Waals surface area (Å²) in [4.78, 5) is 27.7. The van der Waals surface area contributed by atoms with Crippen LogP contribution in [0.15, 0.2) is 34.9 Å². The molecule has 0 saturated carbocycles. The molecule has 156 valence electrons. The molecule has 2 amide bonds. The normalized spacial score (nSPS) is 19.7. The molecule has 0 spiro atoms. The number of piperazine rings is 1. The first-order valence-corrected chi connectivity index (χ1v) is 10.5. The summed E-state index contributed by atoms with van der Waals surface area (Å²) in [6.45, 7) is 8.76. The topological polar surface area (TPSA) is 75.4 Å². The number of benzene rings is 1. The van der Waals surface area contributed by atoms with Crippen molar-refractivity contribution in [1.29, 1.82) is 0 Å². The summed E-state index contributed by atoms with van der Waals surface area (Å²) in [6.07, 6.45) is 1.41. The molecule has 1 aromatic carbocycles. The zero-order valence-corrected chi connectivity index (χ0v) is 18.1. The van der Waals surface area contributed by atoms with E-state index < -0.39 is 6.04 Å². The summed E-state index contributed by atoms with van der Waals surface area (Å²) < 4.78 is 5.40. The number of carbonyl (C=O) groups excluding carboxylic acids is 2. The second kappa shape index (κ2) is 8.99. The van der Waals surface area contributed by atoms with Gasteiger partial charge in [-0.2, -0.15) is 0 Å². The van der Waals surface area contributed by atoms with Crippen LogP contribution in [0, 0.1) is 11.8 Å². The Labute approximate surface area is 176 Å². The largest absolute Gasteiger partial charge is 0.355 e. The molecule has 2 atom stereocenters. The summed E-state index contributed by atoms with van der Waals surface area (Å²) in [7, 11) is 0. The molecule has 1 N–H and O–H groups in total. The van der Waals surface area contributed by atoms with Crippen LogP contribution in [0.5, 0.6) is 0 Å². The molecule has 1 saturated heterocycles. The van der Waals surface area contributed by atoms with Gasteiger partial charge in [0, 0.05) is 24.2 Å². The van der Waals surface area contributed by atoms with Gasteiger partial charge in [0.25, 0.3) is 5.91 Å². The fraction of sp³-hybridized carbons (Fsp3) is 0.500. The lowest BCUT2D eigenvalue weighted by atomic mass is 9.94. The van der Waals surface area contributed by atoms with Gasteiger partial charge in [0.15, 0.2) is 11.5 Å². The van der Waals surface area contributed by atoms with E-state index in [4.69, 9.17) is 16.1 Å². The maximum atomic E-state index is 13.3. The van der Waals surface area contributed by atoms with E-state index in [1.54, 1.807) is 17.0 Å². The van der Waals surface area contributed by atoms with Crippen molar-refractivity contribution in [2.45, 2.75) is 52.6 Å². The van der Waals surface area contributed by atoms with Gasteiger partial charge in [0.05, 0.1) is 5.02 Å². The minimum absolute atomic E-state index is 0.0650. The van der Waals surface area contributed by atoms with Crippen LogP contribution >= 0.6 is 11.6 Å². The van der Waals surface area contributed by atoms with Crippen LogP contribution in [0.4, 0.5) is 0 Å². The molecular weight excluding hydrogens is 390 g/mol. The average molecular weight is 418 g/mol. The summed E-state index contributed by atoms with van der Waals surface area (Å²) >= 11 is 6.23. The number of aromatic nitrogens is 1. The predicted molar refractivity (Wildman–Crippen MR) is 113 cm³/mol. The molecule has 1 fully saturated rings. The summed E-state index contributed by atoms with van der Waals surface area (Å²) in [5, 5.41) is 7.58. The smallest absolute Gasteiger partial charge is 0.276 e. The van der Waals surface area contributed by atoms with Gasteiger partial charge >= 0.3 is 0 Å². The van der Waals surface area contributed by atoms with E-state index in [9.17, 15) is 9.59 Å². The van der Waals surface area contributed by atoms with E-state index >= 15 is 0 Å². The first-order valence-electron chi connectivity index (χ1n) is 10.1. The summed E-state index contributed by atoms with van der Waals surface area (Å²) in [5.41, 5.74) is 0.861. The van der Waals surface area contributed by atoms with Crippen molar-refractivity contribution in [1.82, 2.24) is 15.4 Å². The van der Waals surface area contributed by atoms with Crippen LogP contribution in [-0.2, 0) is 4.79 Å². The molecule has 29 heavy (non-hydrogen) atoms. The van der Waals surface area contributed by atoms with E-state index in [-0.39, 0.29) is 29.5 Å². The maximum absolute atomic E-state index is 13.3. The molecule has 0 radical (unpaired) electrons. The first-order chi connectivity index (χ1) is 13.8. The molecule has 2 aromatic rings. The third kappa shape index (κ3) is 4.99. The fourth-order valence-electron chi connectivity index (χ4n) is 3.77. The Balaban J connectivity index is 1.87. The van der Waals surface area contributed by atoms with E-state index in [1.165, 1.54) is 0 Å². The number of carbonyl (C=O) groups is 2. The van der Waals surface area contributed by atoms with Crippen molar-refractivity contribution < 1.29 is 14.1 Å². The minimum atomic E-state index is -0.508. The van der Waals surface area contributed by atoms with E-state index in [0.29, 0.717) is 35.2 Å². The van der Waals surface area contributed by atoms with Crippen molar-refractivity contribution >= 4 is 23.4 Å². The highest BCUT2D eigenvalue weighted by molar-refractivity contribution is 6.33. The zero-order chi connectivity index (χ0) is 21.1. The minimum Gasteiger partial charge on any atom is -0.355 e. The second-order valence-corrected chi connectivity index (χ2v) is 8.90. The van der Waals surface area contributed by atoms with Gasteiger partial charge in [-0.05, 0) is 36.8 Å². The Morgan fingerprint density at radius 1 is 1.24 bits per heavy atom. The molecule has 0 bridgehead atoms. The number of nitrogens with one attached hydrogen (secondary N) is 1. The van der Waals surface area contributed by atoms with Gasteiger partial charge in [-0.3, -0.25) is 9.59 Å². The fourth-order valence-corrected chi connectivity index (χ4v) is 4.00. The number of nitrogens with zero attached hydrogens (tertiary/aromatic N) is 2. The maximum Gasteiger partial charge on any atom is 0.276 e. The Morgan fingerprint density at radius 2 is 1.93 bits per heavy atom. The highest BCUT2D eigenvalue weighted by atomic mass is 35.5. The van der Waals surface area contributed by atoms with Crippen LogP contribution in [0.25, 0.3) is 11.3 Å². The molecule has 2 heterocycles. The number of amides is 2. The van der Waals surface area contributed by atoms with Crippen LogP contribution in [0.1, 0.15) is 51.0 Å². The summed E-state index contributed by atoms with van der Waals surface area (Å²) in [5.74, 6) is 0.733. The van der Waals surface area contributed by atoms with Crippen molar-refractivity contribution in [3.05, 3.63) is 41.0 Å². The van der Waals surface area contributed by atoms with Crippen LogP contribution < -0.4 is 5.32 Å². The SMILES string of the molecule is CC(C)C[C@H]1CN(C(=O)c2cc(-c3ccccc3Cl)on2)[C@@H](CC(C)C)C(=O)N1. The second-order valence-electron chi connectivity index (χ2n) is 8.49. The lowest BCUT2D eigenvalue weighted by molar-refractivity contribution is -0.130. The number of rotatable bonds is 6. The van der Waals surface area contributed by atoms with E-state index in [0.717, 1.165) is 6.42 Å². The van der Waals surface area contributed by atoms with Crippen LogP contribution in [0.3, 0.4) is 0 Å². The molecular formula is C22H28ClN3O3.